The number of hydrogen-bond acceptors (Lipinski definition) is 2. The van der Waals surface area contributed by atoms with Crippen molar-refractivity contribution in [2.24, 2.45) is 0 Å². The largest absolute Gasteiger partial charge is 0.417 e. The Bertz CT molecular complexity index is 850. The molecule has 0 radical (unpaired) electrons. The van der Waals surface area contributed by atoms with Gasteiger partial charge in [-0.15, -0.1) is 0 Å². The second-order valence-corrected chi connectivity index (χ2v) is 5.22. The van der Waals surface area contributed by atoms with Gasteiger partial charge in [0.25, 0.3) is 11.8 Å². The highest BCUT2D eigenvalue weighted by molar-refractivity contribution is 6.34. The van der Waals surface area contributed by atoms with Crippen molar-refractivity contribution in [2.45, 2.75) is 12.4 Å². The number of imide groups is 1. The minimum absolute atomic E-state index is 0.0269. The standard InChI is InChI=1S/C16H7F6NO2/c17-15(18,19)11-6-5-8(7-12(11)16(20,21)22)23-13(24)9-3-1-2-4-10(9)14(23)25/h1-7H. The number of amides is 2. The van der Waals surface area contributed by atoms with Crippen molar-refractivity contribution in [3.63, 3.8) is 0 Å². The molecule has 3 rings (SSSR count). The molecule has 0 spiro atoms. The summed E-state index contributed by atoms with van der Waals surface area (Å²) in [5.74, 6) is -1.79. The minimum Gasteiger partial charge on any atom is -0.268 e. The molecular formula is C16H7F6NO2. The number of rotatable bonds is 1. The summed E-state index contributed by atoms with van der Waals surface area (Å²) >= 11 is 0. The van der Waals surface area contributed by atoms with Crippen LogP contribution in [0, 0.1) is 0 Å². The van der Waals surface area contributed by atoms with Gasteiger partial charge in [0.05, 0.1) is 27.9 Å². The zero-order valence-corrected chi connectivity index (χ0v) is 12.1. The molecule has 2 aromatic carbocycles. The summed E-state index contributed by atoms with van der Waals surface area (Å²) in [6, 6.07) is 6.57. The van der Waals surface area contributed by atoms with Crippen molar-refractivity contribution >= 4 is 17.5 Å². The van der Waals surface area contributed by atoms with Crippen molar-refractivity contribution in [3.8, 4) is 0 Å². The molecule has 0 unspecified atom stereocenters. The molecule has 0 aromatic heterocycles. The summed E-state index contributed by atoms with van der Waals surface area (Å²) in [6.45, 7) is 0. The van der Waals surface area contributed by atoms with Gasteiger partial charge in [-0.25, -0.2) is 4.90 Å². The smallest absolute Gasteiger partial charge is 0.268 e. The Balaban J connectivity index is 2.14. The number of benzene rings is 2. The first-order valence-electron chi connectivity index (χ1n) is 6.78. The van der Waals surface area contributed by atoms with Crippen LogP contribution in [-0.2, 0) is 12.4 Å². The molecule has 0 saturated heterocycles. The molecule has 0 atom stereocenters. The maximum Gasteiger partial charge on any atom is 0.417 e. The van der Waals surface area contributed by atoms with Gasteiger partial charge in [0.2, 0.25) is 0 Å². The topological polar surface area (TPSA) is 37.4 Å². The van der Waals surface area contributed by atoms with Crippen LogP contribution in [0.15, 0.2) is 42.5 Å². The van der Waals surface area contributed by atoms with Gasteiger partial charge in [-0.05, 0) is 30.3 Å². The molecule has 25 heavy (non-hydrogen) atoms. The molecule has 130 valence electrons. The summed E-state index contributed by atoms with van der Waals surface area (Å²) in [4.78, 5) is 24.9. The van der Waals surface area contributed by atoms with E-state index >= 15 is 0 Å². The van der Waals surface area contributed by atoms with E-state index in [-0.39, 0.29) is 23.3 Å². The fourth-order valence-electron chi connectivity index (χ4n) is 2.58. The molecule has 2 aromatic rings. The van der Waals surface area contributed by atoms with Crippen LogP contribution >= 0.6 is 0 Å². The highest BCUT2D eigenvalue weighted by atomic mass is 19.4. The van der Waals surface area contributed by atoms with Gasteiger partial charge in [-0.3, -0.25) is 9.59 Å². The van der Waals surface area contributed by atoms with Crippen LogP contribution in [0.3, 0.4) is 0 Å². The first-order chi connectivity index (χ1) is 11.5. The quantitative estimate of drug-likeness (QED) is 0.554. The van der Waals surface area contributed by atoms with Crippen LogP contribution < -0.4 is 4.90 Å². The second kappa shape index (κ2) is 5.33. The van der Waals surface area contributed by atoms with E-state index in [0.29, 0.717) is 11.0 Å². The van der Waals surface area contributed by atoms with E-state index in [1.165, 1.54) is 24.3 Å². The number of anilines is 1. The van der Waals surface area contributed by atoms with Crippen LogP contribution in [0.1, 0.15) is 31.8 Å². The summed E-state index contributed by atoms with van der Waals surface area (Å²) in [5, 5.41) is 0. The Morgan fingerprint density at radius 2 is 1.16 bits per heavy atom. The van der Waals surface area contributed by atoms with E-state index in [2.05, 4.69) is 0 Å². The van der Waals surface area contributed by atoms with E-state index in [4.69, 9.17) is 0 Å². The molecule has 0 bridgehead atoms. The van der Waals surface area contributed by atoms with Gasteiger partial charge < -0.3 is 0 Å². The summed E-state index contributed by atoms with van der Waals surface area (Å²) in [6.07, 6.45) is -10.5. The Morgan fingerprint density at radius 1 is 0.680 bits per heavy atom. The van der Waals surface area contributed by atoms with Gasteiger partial charge in [-0.2, -0.15) is 26.3 Å². The zero-order valence-electron chi connectivity index (χ0n) is 12.1. The maximum absolute atomic E-state index is 13.0. The molecule has 0 saturated carbocycles. The highest BCUT2D eigenvalue weighted by Crippen LogP contribution is 2.42. The molecule has 0 fully saturated rings. The maximum atomic E-state index is 13.0. The Hall–Kier alpha value is -2.84. The van der Waals surface area contributed by atoms with Gasteiger partial charge in [0.15, 0.2) is 0 Å². The van der Waals surface area contributed by atoms with Crippen molar-refractivity contribution in [3.05, 3.63) is 64.7 Å². The second-order valence-electron chi connectivity index (χ2n) is 5.22. The van der Waals surface area contributed by atoms with Gasteiger partial charge >= 0.3 is 12.4 Å². The third kappa shape index (κ3) is 2.75. The fourth-order valence-corrected chi connectivity index (χ4v) is 2.58. The van der Waals surface area contributed by atoms with E-state index < -0.39 is 41.0 Å². The van der Waals surface area contributed by atoms with Crippen molar-refractivity contribution in [1.82, 2.24) is 0 Å². The number of fused-ring (bicyclic) bond motifs is 1. The minimum atomic E-state index is -5.31. The lowest BCUT2D eigenvalue weighted by molar-refractivity contribution is -0.162. The molecule has 9 heteroatoms. The summed E-state index contributed by atoms with van der Waals surface area (Å²) < 4.78 is 77.5. The summed E-state index contributed by atoms with van der Waals surface area (Å²) in [5.41, 5.74) is -4.48. The number of alkyl halides is 6. The molecule has 3 nitrogen and oxygen atoms in total. The van der Waals surface area contributed by atoms with Crippen LogP contribution in [-0.4, -0.2) is 11.8 Å². The van der Waals surface area contributed by atoms with E-state index in [0.717, 1.165) is 0 Å². The molecular weight excluding hydrogens is 352 g/mol. The van der Waals surface area contributed by atoms with Crippen LogP contribution in [0.2, 0.25) is 0 Å². The normalized spacial score (nSPS) is 14.9. The number of halogens is 6. The van der Waals surface area contributed by atoms with Gasteiger partial charge in [-0.1, -0.05) is 12.1 Å². The predicted molar refractivity (Wildman–Crippen MR) is 74.0 cm³/mol. The van der Waals surface area contributed by atoms with E-state index in [1.807, 2.05) is 0 Å². The first-order valence-corrected chi connectivity index (χ1v) is 6.78. The molecule has 2 amide bonds. The zero-order chi connectivity index (χ0) is 18.6. The monoisotopic (exact) mass is 359 g/mol. The molecule has 0 aliphatic carbocycles. The van der Waals surface area contributed by atoms with E-state index in [9.17, 15) is 35.9 Å². The Morgan fingerprint density at radius 3 is 1.60 bits per heavy atom. The Kier molecular flexibility index (Phi) is 3.63. The Labute approximate surface area is 136 Å². The van der Waals surface area contributed by atoms with Gasteiger partial charge in [0, 0.05) is 0 Å². The molecule has 1 heterocycles. The van der Waals surface area contributed by atoms with Crippen molar-refractivity contribution in [2.75, 3.05) is 4.90 Å². The third-order valence-corrected chi connectivity index (χ3v) is 3.67. The lowest BCUT2D eigenvalue weighted by Gasteiger charge is -2.20. The SMILES string of the molecule is O=C1c2ccccc2C(=O)N1c1ccc(C(F)(F)F)c(C(F)(F)F)c1. The van der Waals surface area contributed by atoms with Crippen molar-refractivity contribution in [1.29, 1.82) is 0 Å². The summed E-state index contributed by atoms with van der Waals surface area (Å²) in [7, 11) is 0. The van der Waals surface area contributed by atoms with Crippen LogP contribution in [0.4, 0.5) is 32.0 Å². The fraction of sp³-hybridized carbons (Fsp3) is 0.125. The molecule has 1 aliphatic rings. The lowest BCUT2D eigenvalue weighted by atomic mass is 10.0. The van der Waals surface area contributed by atoms with Gasteiger partial charge in [0.1, 0.15) is 0 Å². The van der Waals surface area contributed by atoms with E-state index in [1.54, 1.807) is 0 Å². The number of carbonyl (C=O) groups excluding carboxylic acids is 2. The molecule has 1 aliphatic heterocycles. The van der Waals surface area contributed by atoms with Crippen molar-refractivity contribution < 1.29 is 35.9 Å². The number of nitrogens with zero attached hydrogens (tertiary/aromatic N) is 1. The highest BCUT2D eigenvalue weighted by Gasteiger charge is 2.44. The lowest BCUT2D eigenvalue weighted by Crippen LogP contribution is -2.30. The third-order valence-electron chi connectivity index (χ3n) is 3.67. The first kappa shape index (κ1) is 17.0. The predicted octanol–water partition coefficient (Wildman–Crippen LogP) is 4.52. The van der Waals surface area contributed by atoms with Crippen LogP contribution in [0.25, 0.3) is 0 Å². The van der Waals surface area contributed by atoms with Crippen LogP contribution in [0.5, 0.6) is 0 Å². The number of hydrogen-bond donors (Lipinski definition) is 0. The average Bonchev–Trinajstić information content (AvgIpc) is 2.77. The average molecular weight is 359 g/mol. The molecule has 0 N–H and O–H groups in total. The number of carbonyl (C=O) groups is 2.